The number of hydrogen-bond acceptors (Lipinski definition) is 3. The highest BCUT2D eigenvalue weighted by Crippen LogP contribution is 2.54. The minimum atomic E-state index is 0.172. The van der Waals surface area contributed by atoms with Gasteiger partial charge in [0, 0.05) is 44.8 Å². The number of benzene rings is 8. The Morgan fingerprint density at radius 3 is 1.84 bits per heavy atom. The molecule has 0 bridgehead atoms. The molecule has 0 radical (unpaired) electrons. The summed E-state index contributed by atoms with van der Waals surface area (Å²) >= 11 is 0. The summed E-state index contributed by atoms with van der Waals surface area (Å²) < 4.78 is 7.53. The first kappa shape index (κ1) is 35.8. The average molecular weight is 774 g/mol. The number of aromatic nitrogens is 2. The van der Waals surface area contributed by atoms with E-state index in [9.17, 15) is 0 Å². The van der Waals surface area contributed by atoms with Crippen molar-refractivity contribution in [1.82, 2.24) is 9.97 Å². The molecule has 8 aromatic carbocycles. The SMILES string of the molecule is BC1=C(B)C(C)c2c1c(-c1ccc3ccc4cccnc4c3n1)c(B)c(B)c2-c1c(-c2ccccc2)oc(-c2ccc3ccc4cccc5ccc2c3c45)c1-c1ccccc1. The molecular formula is C54H38B4N2O. The molecule has 0 saturated heterocycles. The Bertz CT molecular complexity index is 3640. The number of rotatable bonds is 5. The van der Waals surface area contributed by atoms with E-state index in [1.54, 1.807) is 0 Å². The van der Waals surface area contributed by atoms with E-state index in [1.807, 2.05) is 12.3 Å². The molecule has 3 nitrogen and oxygen atoms in total. The molecule has 1 atom stereocenters. The second-order valence-electron chi connectivity index (χ2n) is 16.9. The van der Waals surface area contributed by atoms with Crippen LogP contribution < -0.4 is 10.9 Å². The molecule has 12 rings (SSSR count). The highest BCUT2D eigenvalue weighted by molar-refractivity contribution is 6.56. The van der Waals surface area contributed by atoms with Crippen molar-refractivity contribution in [3.8, 4) is 56.2 Å². The molecule has 0 saturated carbocycles. The molecule has 0 spiro atoms. The summed E-state index contributed by atoms with van der Waals surface area (Å²) in [5.74, 6) is 1.94. The van der Waals surface area contributed by atoms with Crippen LogP contribution in [0.3, 0.4) is 0 Å². The Balaban J connectivity index is 1.21. The lowest BCUT2D eigenvalue weighted by Crippen LogP contribution is -2.32. The van der Waals surface area contributed by atoms with E-state index in [0.717, 1.165) is 66.8 Å². The maximum Gasteiger partial charge on any atom is 0.143 e. The van der Waals surface area contributed by atoms with E-state index in [-0.39, 0.29) is 5.92 Å². The maximum atomic E-state index is 7.53. The second-order valence-corrected chi connectivity index (χ2v) is 16.9. The summed E-state index contributed by atoms with van der Waals surface area (Å²) in [4.78, 5) is 10.3. The third-order valence-corrected chi connectivity index (χ3v) is 13.9. The zero-order chi connectivity index (χ0) is 41.1. The maximum absolute atomic E-state index is 7.53. The summed E-state index contributed by atoms with van der Waals surface area (Å²) in [5.41, 5.74) is 18.6. The lowest BCUT2D eigenvalue weighted by Gasteiger charge is -2.25. The molecule has 1 aliphatic carbocycles. The Labute approximate surface area is 358 Å². The van der Waals surface area contributed by atoms with Gasteiger partial charge in [-0.2, -0.15) is 0 Å². The van der Waals surface area contributed by atoms with Gasteiger partial charge in [-0.3, -0.25) is 4.98 Å². The molecule has 0 fully saturated rings. The fraction of sp³-hybridized carbons (Fsp3) is 0.0370. The molecule has 0 amide bonds. The van der Waals surface area contributed by atoms with Crippen LogP contribution in [0.5, 0.6) is 0 Å². The van der Waals surface area contributed by atoms with Gasteiger partial charge in [0.25, 0.3) is 0 Å². The highest BCUT2D eigenvalue weighted by atomic mass is 16.3. The molecule has 61 heavy (non-hydrogen) atoms. The smallest absolute Gasteiger partial charge is 0.143 e. The van der Waals surface area contributed by atoms with E-state index in [4.69, 9.17) is 14.4 Å². The van der Waals surface area contributed by atoms with Crippen LogP contribution in [0.4, 0.5) is 0 Å². The molecule has 11 aromatic rings. The number of nitrogens with zero attached hydrogens (tertiary/aromatic N) is 2. The Morgan fingerprint density at radius 1 is 0.475 bits per heavy atom. The van der Waals surface area contributed by atoms with Gasteiger partial charge in [0.1, 0.15) is 42.9 Å². The second kappa shape index (κ2) is 13.5. The standard InChI is InChI=1S/C54H38B4N2O/c1-28-39-44(49(57)47(28)55)43(38-26-23-34-20-19-33-16-9-27-59-51(33)52(34)60-38)48(56)50(58)45(39)46-42(29-10-4-2-5-11-29)54(61-53(46)35-12-6-3-7-13-35)37-25-22-32-18-17-30-14-8-15-31-21-24-36(37)41(32)40(30)31/h2-28H,55-58H2,1H3. The van der Waals surface area contributed by atoms with Gasteiger partial charge >= 0.3 is 0 Å². The van der Waals surface area contributed by atoms with E-state index < -0.39 is 0 Å². The van der Waals surface area contributed by atoms with Gasteiger partial charge in [-0.05, 0) is 78.7 Å². The molecular weight excluding hydrogens is 736 g/mol. The van der Waals surface area contributed by atoms with E-state index in [2.05, 4.69) is 184 Å². The lowest BCUT2D eigenvalue weighted by atomic mass is 9.67. The fourth-order valence-electron chi connectivity index (χ4n) is 10.6. The molecule has 7 heteroatoms. The van der Waals surface area contributed by atoms with Crippen molar-refractivity contribution in [1.29, 1.82) is 0 Å². The predicted octanol–water partition coefficient (Wildman–Crippen LogP) is 9.18. The van der Waals surface area contributed by atoms with E-state index in [0.29, 0.717) is 0 Å². The summed E-state index contributed by atoms with van der Waals surface area (Å²) in [5, 5.41) is 9.68. The first-order chi connectivity index (χ1) is 29.9. The van der Waals surface area contributed by atoms with Crippen LogP contribution in [0, 0.1) is 0 Å². The van der Waals surface area contributed by atoms with Crippen LogP contribution in [-0.2, 0) is 0 Å². The predicted molar refractivity (Wildman–Crippen MR) is 269 cm³/mol. The largest absolute Gasteiger partial charge is 0.455 e. The van der Waals surface area contributed by atoms with Crippen LogP contribution in [0.15, 0.2) is 168 Å². The molecule has 1 unspecified atom stereocenters. The monoisotopic (exact) mass is 774 g/mol. The van der Waals surface area contributed by atoms with Crippen molar-refractivity contribution in [3.05, 3.63) is 174 Å². The Morgan fingerprint density at radius 2 is 1.08 bits per heavy atom. The third-order valence-electron chi connectivity index (χ3n) is 13.9. The van der Waals surface area contributed by atoms with Crippen molar-refractivity contribution < 1.29 is 4.42 Å². The van der Waals surface area contributed by atoms with Gasteiger partial charge in [0.05, 0.1) is 16.7 Å². The summed E-state index contributed by atoms with van der Waals surface area (Å²) in [6.45, 7) is 2.38. The van der Waals surface area contributed by atoms with Crippen molar-refractivity contribution in [3.63, 3.8) is 0 Å². The first-order valence-corrected chi connectivity index (χ1v) is 21.3. The van der Waals surface area contributed by atoms with Gasteiger partial charge in [0.15, 0.2) is 0 Å². The molecule has 0 aliphatic heterocycles. The van der Waals surface area contributed by atoms with Crippen LogP contribution in [0.25, 0.3) is 116 Å². The Kier molecular flexibility index (Phi) is 7.90. The quantitative estimate of drug-likeness (QED) is 0.129. The van der Waals surface area contributed by atoms with Crippen molar-refractivity contribution in [2.75, 3.05) is 0 Å². The van der Waals surface area contributed by atoms with Crippen molar-refractivity contribution in [2.45, 2.75) is 12.8 Å². The average Bonchev–Trinajstić information content (AvgIpc) is 3.80. The summed E-state index contributed by atoms with van der Waals surface area (Å²) in [6.07, 6.45) is 1.87. The summed E-state index contributed by atoms with van der Waals surface area (Å²) in [7, 11) is 9.22. The zero-order valence-corrected chi connectivity index (χ0v) is 34.9. The molecule has 1 aliphatic rings. The van der Waals surface area contributed by atoms with Gasteiger partial charge < -0.3 is 4.42 Å². The Hall–Kier alpha value is -7.10. The van der Waals surface area contributed by atoms with Gasteiger partial charge in [0.2, 0.25) is 0 Å². The van der Waals surface area contributed by atoms with Gasteiger partial charge in [-0.15, -0.1) is 5.47 Å². The van der Waals surface area contributed by atoms with Crippen molar-refractivity contribution >= 4 is 102 Å². The number of allylic oxidation sites excluding steroid dienone is 1. The normalized spacial score (nSPS) is 14.0. The summed E-state index contributed by atoms with van der Waals surface area (Å²) in [6, 6.07) is 54.7. The van der Waals surface area contributed by atoms with E-state index in [1.165, 1.54) is 76.4 Å². The van der Waals surface area contributed by atoms with Crippen LogP contribution >= 0.6 is 0 Å². The number of furan rings is 1. The number of pyridine rings is 2. The fourth-order valence-corrected chi connectivity index (χ4v) is 10.6. The molecule has 282 valence electrons. The molecule has 0 N–H and O–H groups in total. The first-order valence-electron chi connectivity index (χ1n) is 21.3. The van der Waals surface area contributed by atoms with E-state index >= 15 is 0 Å². The third kappa shape index (κ3) is 5.16. The highest BCUT2D eigenvalue weighted by Gasteiger charge is 2.36. The number of fused-ring (bicyclic) bond motifs is 4. The number of hydrogen-bond donors (Lipinski definition) is 0. The topological polar surface area (TPSA) is 38.9 Å². The molecule has 3 heterocycles. The van der Waals surface area contributed by atoms with Crippen LogP contribution in [0.1, 0.15) is 24.0 Å². The minimum Gasteiger partial charge on any atom is -0.455 e. The van der Waals surface area contributed by atoms with Gasteiger partial charge in [-0.1, -0.05) is 157 Å². The zero-order valence-electron chi connectivity index (χ0n) is 34.9. The van der Waals surface area contributed by atoms with Gasteiger partial charge in [-0.25, -0.2) is 4.98 Å². The lowest BCUT2D eigenvalue weighted by molar-refractivity contribution is 0.599. The van der Waals surface area contributed by atoms with Crippen molar-refractivity contribution in [2.24, 2.45) is 0 Å². The minimum absolute atomic E-state index is 0.172. The molecule has 3 aromatic heterocycles. The van der Waals surface area contributed by atoms with Crippen LogP contribution in [-0.4, -0.2) is 41.4 Å². The van der Waals surface area contributed by atoms with Crippen LogP contribution in [0.2, 0.25) is 0 Å².